The van der Waals surface area contributed by atoms with Gasteiger partial charge in [-0.15, -0.1) is 0 Å². The Labute approximate surface area is 299 Å². The van der Waals surface area contributed by atoms with Crippen molar-refractivity contribution in [1.29, 1.82) is 0 Å². The van der Waals surface area contributed by atoms with Crippen LogP contribution in [0, 0.1) is 29.6 Å². The van der Waals surface area contributed by atoms with Crippen molar-refractivity contribution in [2.45, 2.75) is 164 Å². The van der Waals surface area contributed by atoms with Crippen molar-refractivity contribution in [2.75, 3.05) is 0 Å². The summed E-state index contributed by atoms with van der Waals surface area (Å²) in [5, 5.41) is 44.1. The fourth-order valence-electron chi connectivity index (χ4n) is 5.55. The monoisotopic (exact) mass is 713 g/mol. The molecule has 0 aliphatic heterocycles. The molecule has 0 saturated carbocycles. The number of amides is 5. The van der Waals surface area contributed by atoms with Gasteiger partial charge >= 0.3 is 5.97 Å². The van der Waals surface area contributed by atoms with E-state index in [1.54, 1.807) is 0 Å². The lowest BCUT2D eigenvalue weighted by Crippen LogP contribution is -2.57. The van der Waals surface area contributed by atoms with Gasteiger partial charge in [0.2, 0.25) is 29.5 Å². The Bertz CT molecular complexity index is 1100. The summed E-state index contributed by atoms with van der Waals surface area (Å²) >= 11 is 0. The van der Waals surface area contributed by atoms with Crippen molar-refractivity contribution < 1.29 is 44.1 Å². The van der Waals surface area contributed by atoms with E-state index in [1.165, 1.54) is 6.92 Å². The van der Waals surface area contributed by atoms with E-state index in [-0.39, 0.29) is 41.9 Å². The zero-order valence-corrected chi connectivity index (χ0v) is 32.2. The third kappa shape index (κ3) is 20.4. The number of aliphatic carboxylic acids is 1. The molecule has 0 saturated heterocycles. The first-order valence-electron chi connectivity index (χ1n) is 18.1. The molecule has 0 rings (SSSR count). The normalized spacial score (nSPS) is 16.0. The van der Waals surface area contributed by atoms with Crippen molar-refractivity contribution >= 4 is 35.5 Å². The molecule has 0 radical (unpaired) electrons. The van der Waals surface area contributed by atoms with Crippen LogP contribution in [-0.4, -0.2) is 93.2 Å². The van der Waals surface area contributed by atoms with Gasteiger partial charge in [-0.25, -0.2) is 0 Å². The largest absolute Gasteiger partial charge is 0.481 e. The molecule has 0 aromatic carbocycles. The van der Waals surface area contributed by atoms with Crippen LogP contribution in [0.5, 0.6) is 0 Å². The number of carboxylic acids is 1. The van der Waals surface area contributed by atoms with Crippen LogP contribution in [0.1, 0.15) is 121 Å². The molecule has 0 aromatic rings. The van der Waals surface area contributed by atoms with Crippen LogP contribution in [0.4, 0.5) is 0 Å². The molecular weight excluding hydrogens is 646 g/mol. The van der Waals surface area contributed by atoms with Gasteiger partial charge in [0.15, 0.2) is 0 Å². The fourth-order valence-corrected chi connectivity index (χ4v) is 5.55. The SMILES string of the molecule is CC(C)CC(=O)NC(CC(C)C)C(=O)NC(CC(C)C)C(=O)NC(CC(C)C)C(O)CC(=O)NC(C)C(=O)NC(CC(C)C)C(O)CC(=O)O. The first-order valence-corrected chi connectivity index (χ1v) is 18.1. The molecule has 0 spiro atoms. The van der Waals surface area contributed by atoms with Gasteiger partial charge in [0.05, 0.1) is 37.1 Å². The summed E-state index contributed by atoms with van der Waals surface area (Å²) in [6.07, 6.45) is -2.07. The predicted octanol–water partition coefficient (Wildman–Crippen LogP) is 2.25. The van der Waals surface area contributed by atoms with E-state index in [0.717, 1.165) is 0 Å². The maximum Gasteiger partial charge on any atom is 0.306 e. The molecule has 7 unspecified atom stereocenters. The first-order chi connectivity index (χ1) is 23.0. The summed E-state index contributed by atoms with van der Waals surface area (Å²) in [7, 11) is 0. The number of carboxylic acid groups (broad SMARTS) is 1. The Kier molecular flexibility index (Phi) is 21.7. The van der Waals surface area contributed by atoms with E-state index < -0.39 is 84.9 Å². The number of aliphatic hydroxyl groups excluding tert-OH is 2. The molecule has 14 heteroatoms. The number of aliphatic hydroxyl groups is 2. The number of hydrogen-bond donors (Lipinski definition) is 8. The lowest BCUT2D eigenvalue weighted by Gasteiger charge is -2.30. The van der Waals surface area contributed by atoms with Crippen LogP contribution in [0.3, 0.4) is 0 Å². The molecule has 14 nitrogen and oxygen atoms in total. The molecule has 8 N–H and O–H groups in total. The summed E-state index contributed by atoms with van der Waals surface area (Å²) < 4.78 is 0. The summed E-state index contributed by atoms with van der Waals surface area (Å²) in [6.45, 7) is 20.5. The summed E-state index contributed by atoms with van der Waals surface area (Å²) in [4.78, 5) is 76.5. The molecular formula is C36H67N5O9. The minimum Gasteiger partial charge on any atom is -0.481 e. The molecule has 0 aliphatic rings. The molecule has 0 fully saturated rings. The average Bonchev–Trinajstić information content (AvgIpc) is 2.93. The van der Waals surface area contributed by atoms with Gasteiger partial charge in [0.25, 0.3) is 0 Å². The van der Waals surface area contributed by atoms with E-state index in [4.69, 9.17) is 5.11 Å². The lowest BCUT2D eigenvalue weighted by atomic mass is 9.95. The summed E-state index contributed by atoms with van der Waals surface area (Å²) in [5.74, 6) is -3.47. The van der Waals surface area contributed by atoms with Gasteiger partial charge in [-0.3, -0.25) is 28.8 Å². The van der Waals surface area contributed by atoms with Crippen LogP contribution in [-0.2, 0) is 28.8 Å². The number of rotatable bonds is 24. The third-order valence-corrected chi connectivity index (χ3v) is 7.88. The van der Waals surface area contributed by atoms with Crippen LogP contribution in [0.15, 0.2) is 0 Å². The maximum absolute atomic E-state index is 13.6. The smallest absolute Gasteiger partial charge is 0.306 e. The van der Waals surface area contributed by atoms with E-state index in [9.17, 15) is 39.0 Å². The van der Waals surface area contributed by atoms with Gasteiger partial charge in [-0.2, -0.15) is 0 Å². The standard InChI is InChI=1S/C36H67N5O9/c1-19(2)12-25(29(42)17-32(45)37-24(11)34(48)39-26(13-20(3)4)30(43)18-33(46)47)40-36(50)28(15-22(7)8)41-35(49)27(14-21(5)6)38-31(44)16-23(9)10/h19-30,42-43H,12-18H2,1-11H3,(H,37,45)(H,38,44)(H,39,48)(H,40,50)(H,41,49)(H,46,47). The second-order valence-electron chi connectivity index (χ2n) is 15.8. The Balaban J connectivity index is 5.73. The highest BCUT2D eigenvalue weighted by molar-refractivity contribution is 5.92. The number of carbonyl (C=O) groups excluding carboxylic acids is 5. The van der Waals surface area contributed by atoms with Crippen molar-refractivity contribution in [1.82, 2.24) is 26.6 Å². The maximum atomic E-state index is 13.6. The van der Waals surface area contributed by atoms with Gasteiger partial charge < -0.3 is 41.9 Å². The Hall–Kier alpha value is -3.26. The number of hydrogen-bond acceptors (Lipinski definition) is 8. The van der Waals surface area contributed by atoms with Gasteiger partial charge in [-0.1, -0.05) is 69.2 Å². The van der Waals surface area contributed by atoms with E-state index >= 15 is 0 Å². The Morgan fingerprint density at radius 3 is 1.24 bits per heavy atom. The minimum absolute atomic E-state index is 0.0161. The Morgan fingerprint density at radius 1 is 0.440 bits per heavy atom. The highest BCUT2D eigenvalue weighted by atomic mass is 16.4. The quantitative estimate of drug-likeness (QED) is 0.0734. The van der Waals surface area contributed by atoms with Crippen molar-refractivity contribution in [3.63, 3.8) is 0 Å². The van der Waals surface area contributed by atoms with Crippen molar-refractivity contribution in [3.05, 3.63) is 0 Å². The van der Waals surface area contributed by atoms with Crippen LogP contribution < -0.4 is 26.6 Å². The predicted molar refractivity (Wildman–Crippen MR) is 191 cm³/mol. The fraction of sp³-hybridized carbons (Fsp3) is 0.833. The molecule has 0 heterocycles. The van der Waals surface area contributed by atoms with E-state index in [1.807, 2.05) is 69.2 Å². The molecule has 5 amide bonds. The zero-order valence-electron chi connectivity index (χ0n) is 32.2. The van der Waals surface area contributed by atoms with Crippen LogP contribution in [0.25, 0.3) is 0 Å². The van der Waals surface area contributed by atoms with E-state index in [0.29, 0.717) is 25.7 Å². The number of nitrogens with one attached hydrogen (secondary N) is 5. The Morgan fingerprint density at radius 2 is 0.820 bits per heavy atom. The van der Waals surface area contributed by atoms with Gasteiger partial charge in [-0.05, 0) is 62.2 Å². The molecule has 0 bridgehead atoms. The number of carbonyl (C=O) groups is 6. The third-order valence-electron chi connectivity index (χ3n) is 7.88. The zero-order chi connectivity index (χ0) is 38.9. The van der Waals surface area contributed by atoms with Gasteiger partial charge in [0.1, 0.15) is 18.1 Å². The van der Waals surface area contributed by atoms with Crippen molar-refractivity contribution in [2.24, 2.45) is 29.6 Å². The molecule has 0 aliphatic carbocycles. The minimum atomic E-state index is -1.33. The first kappa shape index (κ1) is 46.7. The van der Waals surface area contributed by atoms with Crippen LogP contribution >= 0.6 is 0 Å². The highest BCUT2D eigenvalue weighted by Gasteiger charge is 2.32. The molecule has 50 heavy (non-hydrogen) atoms. The topological polar surface area (TPSA) is 223 Å². The molecule has 0 aromatic heterocycles. The average molecular weight is 714 g/mol. The summed E-state index contributed by atoms with van der Waals surface area (Å²) in [5.41, 5.74) is 0. The lowest BCUT2D eigenvalue weighted by molar-refractivity contribution is -0.140. The molecule has 7 atom stereocenters. The van der Waals surface area contributed by atoms with Crippen molar-refractivity contribution in [3.8, 4) is 0 Å². The second kappa shape index (κ2) is 23.3. The van der Waals surface area contributed by atoms with Crippen LogP contribution in [0.2, 0.25) is 0 Å². The van der Waals surface area contributed by atoms with E-state index in [2.05, 4.69) is 26.6 Å². The van der Waals surface area contributed by atoms with Gasteiger partial charge in [0, 0.05) is 6.42 Å². The molecule has 290 valence electrons. The highest BCUT2D eigenvalue weighted by Crippen LogP contribution is 2.15. The second-order valence-corrected chi connectivity index (χ2v) is 15.8. The summed E-state index contributed by atoms with van der Waals surface area (Å²) in [6, 6.07) is -4.56.